The zero-order valence-electron chi connectivity index (χ0n) is 12.9. The van der Waals surface area contributed by atoms with E-state index >= 15 is 0 Å². The standard InChI is InChI=1S/C16H18FNO4S/c1-21-15-8-7-14(11-16(15)22-2)23(19,20)18-10-9-12-3-5-13(17)6-4-12/h3-8,11,18H,9-10H2,1-2H3. The fraction of sp³-hybridized carbons (Fsp3) is 0.250. The average Bonchev–Trinajstić information content (AvgIpc) is 2.55. The van der Waals surface area contributed by atoms with Crippen molar-refractivity contribution in [3.63, 3.8) is 0 Å². The van der Waals surface area contributed by atoms with Crippen molar-refractivity contribution < 1.29 is 22.3 Å². The highest BCUT2D eigenvalue weighted by atomic mass is 32.2. The van der Waals surface area contributed by atoms with Crippen LogP contribution in [0, 0.1) is 5.82 Å². The van der Waals surface area contributed by atoms with Crippen molar-refractivity contribution in [2.45, 2.75) is 11.3 Å². The molecule has 0 fully saturated rings. The fourth-order valence-electron chi connectivity index (χ4n) is 2.05. The molecule has 0 amide bonds. The van der Waals surface area contributed by atoms with E-state index in [1.807, 2.05) is 0 Å². The summed E-state index contributed by atoms with van der Waals surface area (Å²) in [6, 6.07) is 10.3. The van der Waals surface area contributed by atoms with Crippen molar-refractivity contribution in [3.8, 4) is 11.5 Å². The van der Waals surface area contributed by atoms with E-state index in [0.717, 1.165) is 5.56 Å². The lowest BCUT2D eigenvalue weighted by atomic mass is 10.1. The highest BCUT2D eigenvalue weighted by Gasteiger charge is 2.16. The predicted octanol–water partition coefficient (Wildman–Crippen LogP) is 2.36. The zero-order valence-corrected chi connectivity index (χ0v) is 13.7. The molecule has 0 bridgehead atoms. The van der Waals surface area contributed by atoms with Gasteiger partial charge in [0.15, 0.2) is 11.5 Å². The maximum absolute atomic E-state index is 12.8. The summed E-state index contributed by atoms with van der Waals surface area (Å²) < 4.78 is 50.1. The van der Waals surface area contributed by atoms with Crippen LogP contribution in [0.25, 0.3) is 0 Å². The summed E-state index contributed by atoms with van der Waals surface area (Å²) in [7, 11) is -0.736. The maximum Gasteiger partial charge on any atom is 0.240 e. The van der Waals surface area contributed by atoms with Crippen LogP contribution >= 0.6 is 0 Å². The molecule has 5 nitrogen and oxygen atoms in total. The molecule has 0 unspecified atom stereocenters. The van der Waals surface area contributed by atoms with Crippen molar-refractivity contribution in [3.05, 3.63) is 53.8 Å². The van der Waals surface area contributed by atoms with E-state index in [1.54, 1.807) is 12.1 Å². The van der Waals surface area contributed by atoms with Crippen LogP contribution in [0.5, 0.6) is 11.5 Å². The minimum absolute atomic E-state index is 0.0919. The molecule has 0 spiro atoms. The Morgan fingerprint density at radius 1 is 1.00 bits per heavy atom. The number of ether oxygens (including phenoxy) is 2. The third kappa shape index (κ3) is 4.43. The molecule has 0 aliphatic heterocycles. The molecule has 0 saturated carbocycles. The highest BCUT2D eigenvalue weighted by molar-refractivity contribution is 7.89. The Labute approximate surface area is 135 Å². The van der Waals surface area contributed by atoms with E-state index in [4.69, 9.17) is 9.47 Å². The van der Waals surface area contributed by atoms with Crippen LogP contribution in [0.3, 0.4) is 0 Å². The van der Waals surface area contributed by atoms with Gasteiger partial charge in [0.2, 0.25) is 10.0 Å². The Bertz CT molecular complexity index is 760. The van der Waals surface area contributed by atoms with E-state index in [0.29, 0.717) is 17.9 Å². The van der Waals surface area contributed by atoms with Crippen LogP contribution in [0.4, 0.5) is 4.39 Å². The minimum Gasteiger partial charge on any atom is -0.493 e. The van der Waals surface area contributed by atoms with Crippen molar-refractivity contribution in [1.29, 1.82) is 0 Å². The predicted molar refractivity (Wildman–Crippen MR) is 84.8 cm³/mol. The molecule has 0 radical (unpaired) electrons. The molecular weight excluding hydrogens is 321 g/mol. The van der Waals surface area contributed by atoms with Crippen molar-refractivity contribution in [1.82, 2.24) is 4.72 Å². The summed E-state index contributed by atoms with van der Waals surface area (Å²) in [6.45, 7) is 0.211. The first kappa shape index (κ1) is 17.2. The molecule has 0 aliphatic carbocycles. The third-order valence-electron chi connectivity index (χ3n) is 3.28. The number of hydrogen-bond acceptors (Lipinski definition) is 4. The van der Waals surface area contributed by atoms with E-state index in [1.165, 1.54) is 44.6 Å². The van der Waals surface area contributed by atoms with Gasteiger partial charge >= 0.3 is 0 Å². The first-order chi connectivity index (χ1) is 11.0. The quantitative estimate of drug-likeness (QED) is 0.841. The van der Waals surface area contributed by atoms with Gasteiger partial charge in [-0.1, -0.05) is 12.1 Å². The van der Waals surface area contributed by atoms with E-state index in [2.05, 4.69) is 4.72 Å². The summed E-state index contributed by atoms with van der Waals surface area (Å²) in [6.07, 6.45) is 0.465. The molecule has 1 N–H and O–H groups in total. The lowest BCUT2D eigenvalue weighted by Gasteiger charge is -2.11. The third-order valence-corrected chi connectivity index (χ3v) is 4.74. The second-order valence-electron chi connectivity index (χ2n) is 4.79. The van der Waals surface area contributed by atoms with Crippen LogP contribution in [0.2, 0.25) is 0 Å². The van der Waals surface area contributed by atoms with Crippen LogP contribution < -0.4 is 14.2 Å². The normalized spacial score (nSPS) is 11.3. The number of sulfonamides is 1. The second kappa shape index (κ2) is 7.43. The Hall–Kier alpha value is -2.12. The molecule has 124 valence electrons. The smallest absolute Gasteiger partial charge is 0.240 e. The average molecular weight is 339 g/mol. The van der Waals surface area contributed by atoms with E-state index < -0.39 is 10.0 Å². The summed E-state index contributed by atoms with van der Waals surface area (Å²) in [5.41, 5.74) is 0.849. The first-order valence-corrected chi connectivity index (χ1v) is 8.40. The molecule has 0 heterocycles. The maximum atomic E-state index is 12.8. The molecule has 0 atom stereocenters. The SMILES string of the molecule is COc1ccc(S(=O)(=O)NCCc2ccc(F)cc2)cc1OC. The Morgan fingerprint density at radius 2 is 1.65 bits per heavy atom. The fourth-order valence-corrected chi connectivity index (χ4v) is 3.09. The monoisotopic (exact) mass is 339 g/mol. The van der Waals surface area contributed by atoms with Gasteiger partial charge in [-0.05, 0) is 36.2 Å². The largest absolute Gasteiger partial charge is 0.493 e. The van der Waals surface area contributed by atoms with Gasteiger partial charge in [0.25, 0.3) is 0 Å². The molecule has 0 aromatic heterocycles. The van der Waals surface area contributed by atoms with Gasteiger partial charge in [-0.3, -0.25) is 0 Å². The van der Waals surface area contributed by atoms with Gasteiger partial charge in [-0.15, -0.1) is 0 Å². The summed E-state index contributed by atoms with van der Waals surface area (Å²) in [5, 5.41) is 0. The van der Waals surface area contributed by atoms with Gasteiger partial charge in [0.05, 0.1) is 19.1 Å². The van der Waals surface area contributed by atoms with E-state index in [9.17, 15) is 12.8 Å². The number of nitrogens with one attached hydrogen (secondary N) is 1. The molecular formula is C16H18FNO4S. The van der Waals surface area contributed by atoms with Gasteiger partial charge < -0.3 is 9.47 Å². The number of methoxy groups -OCH3 is 2. The van der Waals surface area contributed by atoms with Crippen molar-refractivity contribution in [2.24, 2.45) is 0 Å². The molecule has 2 aromatic rings. The molecule has 0 aliphatic rings. The van der Waals surface area contributed by atoms with Crippen LogP contribution in [0.15, 0.2) is 47.4 Å². The summed E-state index contributed by atoms with van der Waals surface area (Å²) in [5.74, 6) is 0.478. The second-order valence-corrected chi connectivity index (χ2v) is 6.56. The molecule has 0 saturated heterocycles. The highest BCUT2D eigenvalue weighted by Crippen LogP contribution is 2.29. The summed E-state index contributed by atoms with van der Waals surface area (Å²) in [4.78, 5) is 0.0919. The van der Waals surface area contributed by atoms with E-state index in [-0.39, 0.29) is 17.3 Å². The van der Waals surface area contributed by atoms with Crippen molar-refractivity contribution >= 4 is 10.0 Å². The van der Waals surface area contributed by atoms with Gasteiger partial charge in [-0.25, -0.2) is 17.5 Å². The summed E-state index contributed by atoms with van der Waals surface area (Å²) >= 11 is 0. The minimum atomic E-state index is -3.66. The first-order valence-electron chi connectivity index (χ1n) is 6.92. The van der Waals surface area contributed by atoms with Crippen LogP contribution in [-0.4, -0.2) is 29.2 Å². The lowest BCUT2D eigenvalue weighted by Crippen LogP contribution is -2.26. The number of benzene rings is 2. The number of rotatable bonds is 7. The van der Waals surface area contributed by atoms with Gasteiger partial charge in [0.1, 0.15) is 5.82 Å². The Morgan fingerprint density at radius 3 is 2.26 bits per heavy atom. The molecule has 2 rings (SSSR count). The lowest BCUT2D eigenvalue weighted by molar-refractivity contribution is 0.354. The topological polar surface area (TPSA) is 64.6 Å². The van der Waals surface area contributed by atoms with Crippen LogP contribution in [0.1, 0.15) is 5.56 Å². The number of halogens is 1. The van der Waals surface area contributed by atoms with Gasteiger partial charge in [-0.2, -0.15) is 0 Å². The van der Waals surface area contributed by atoms with Gasteiger partial charge in [0, 0.05) is 12.6 Å². The van der Waals surface area contributed by atoms with Crippen molar-refractivity contribution in [2.75, 3.05) is 20.8 Å². The Kier molecular flexibility index (Phi) is 5.57. The Balaban J connectivity index is 2.05. The molecule has 7 heteroatoms. The number of hydrogen-bond donors (Lipinski definition) is 1. The molecule has 2 aromatic carbocycles. The molecule has 23 heavy (non-hydrogen) atoms. The zero-order chi connectivity index (χ0) is 16.9. The van der Waals surface area contributed by atoms with Crippen LogP contribution in [-0.2, 0) is 16.4 Å².